The van der Waals surface area contributed by atoms with Crippen molar-refractivity contribution in [2.24, 2.45) is 5.10 Å². The molecular formula is C22H26ClN3O2. The summed E-state index contributed by atoms with van der Waals surface area (Å²) in [6.07, 6.45) is 2.75. The Morgan fingerprint density at radius 3 is 2.89 bits per heavy atom. The van der Waals surface area contributed by atoms with Gasteiger partial charge in [-0.25, -0.2) is 5.43 Å². The number of carbonyl (C=O) groups is 1. The Labute approximate surface area is 171 Å². The molecule has 2 aromatic rings. The number of benzene rings is 2. The fourth-order valence-corrected chi connectivity index (χ4v) is 3.77. The van der Waals surface area contributed by atoms with E-state index in [4.69, 9.17) is 16.3 Å². The van der Waals surface area contributed by atoms with Crippen LogP contribution in [-0.4, -0.2) is 31.3 Å². The monoisotopic (exact) mass is 399 g/mol. The minimum Gasteiger partial charge on any atom is -0.484 e. The molecule has 0 fully saturated rings. The Balaban J connectivity index is 1.59. The number of ether oxygens (including phenoxy) is 1. The Hall–Kier alpha value is -2.53. The second kappa shape index (κ2) is 8.23. The third-order valence-corrected chi connectivity index (χ3v) is 5.46. The van der Waals surface area contributed by atoms with Crippen LogP contribution in [0, 0.1) is 0 Å². The third-order valence-electron chi connectivity index (χ3n) is 5.23. The first-order valence-electron chi connectivity index (χ1n) is 9.34. The van der Waals surface area contributed by atoms with Crippen LogP contribution in [0.3, 0.4) is 0 Å². The number of hydrazone groups is 1. The summed E-state index contributed by atoms with van der Waals surface area (Å²) in [6, 6.07) is 13.2. The third kappa shape index (κ3) is 4.65. The maximum atomic E-state index is 11.9. The summed E-state index contributed by atoms with van der Waals surface area (Å²) < 4.78 is 5.40. The van der Waals surface area contributed by atoms with Crippen molar-refractivity contribution >= 4 is 29.4 Å². The SMILES string of the molecule is C[C@H]1CC(C)(C)N(C)c2ccc(/C=N/NC(=O)COc3cccc(Cl)c3)cc21. The van der Waals surface area contributed by atoms with Gasteiger partial charge in [0.1, 0.15) is 5.75 Å². The van der Waals surface area contributed by atoms with Gasteiger partial charge in [-0.1, -0.05) is 30.7 Å². The predicted molar refractivity (Wildman–Crippen MR) is 115 cm³/mol. The number of nitrogens with one attached hydrogen (secondary N) is 1. The highest BCUT2D eigenvalue weighted by Gasteiger charge is 2.33. The van der Waals surface area contributed by atoms with Crippen LogP contribution in [0.15, 0.2) is 47.6 Å². The normalized spacial score (nSPS) is 18.0. The number of amides is 1. The number of nitrogens with zero attached hydrogens (tertiary/aromatic N) is 2. The molecule has 3 rings (SSSR count). The van der Waals surface area contributed by atoms with Crippen LogP contribution in [0.25, 0.3) is 0 Å². The van der Waals surface area contributed by atoms with Crippen LogP contribution in [-0.2, 0) is 4.79 Å². The van der Waals surface area contributed by atoms with E-state index in [9.17, 15) is 4.79 Å². The van der Waals surface area contributed by atoms with E-state index in [1.54, 1.807) is 30.5 Å². The molecule has 1 aliphatic rings. The summed E-state index contributed by atoms with van der Waals surface area (Å²) in [4.78, 5) is 14.2. The van der Waals surface area contributed by atoms with Gasteiger partial charge in [-0.2, -0.15) is 5.10 Å². The van der Waals surface area contributed by atoms with Gasteiger partial charge in [0.2, 0.25) is 0 Å². The van der Waals surface area contributed by atoms with Gasteiger partial charge in [0, 0.05) is 23.3 Å². The number of hydrogen-bond acceptors (Lipinski definition) is 4. The number of rotatable bonds is 5. The first kappa shape index (κ1) is 20.2. The molecule has 0 saturated carbocycles. The van der Waals surface area contributed by atoms with Crippen molar-refractivity contribution < 1.29 is 9.53 Å². The molecule has 148 valence electrons. The fourth-order valence-electron chi connectivity index (χ4n) is 3.59. The van der Waals surface area contributed by atoms with Crippen molar-refractivity contribution in [1.29, 1.82) is 0 Å². The van der Waals surface area contributed by atoms with Crippen molar-refractivity contribution in [3.63, 3.8) is 0 Å². The second-order valence-corrected chi connectivity index (χ2v) is 8.27. The number of halogens is 1. The summed E-state index contributed by atoms with van der Waals surface area (Å²) in [5.74, 6) is 0.682. The Morgan fingerprint density at radius 2 is 2.14 bits per heavy atom. The summed E-state index contributed by atoms with van der Waals surface area (Å²) in [6.45, 7) is 6.66. The Kier molecular flexibility index (Phi) is 5.94. The minimum atomic E-state index is -0.330. The molecule has 0 aliphatic carbocycles. The average molecular weight is 400 g/mol. The van der Waals surface area contributed by atoms with Gasteiger partial charge in [0.05, 0.1) is 6.21 Å². The molecule has 0 radical (unpaired) electrons. The van der Waals surface area contributed by atoms with E-state index in [1.807, 2.05) is 6.07 Å². The zero-order valence-corrected chi connectivity index (χ0v) is 17.5. The molecule has 6 heteroatoms. The van der Waals surface area contributed by atoms with E-state index >= 15 is 0 Å². The Morgan fingerprint density at radius 1 is 1.36 bits per heavy atom. The van der Waals surface area contributed by atoms with E-state index in [2.05, 4.69) is 55.4 Å². The molecule has 0 saturated heterocycles. The zero-order chi connectivity index (χ0) is 20.3. The molecule has 2 aromatic carbocycles. The van der Waals surface area contributed by atoms with Gasteiger partial charge < -0.3 is 9.64 Å². The van der Waals surface area contributed by atoms with Crippen LogP contribution in [0.5, 0.6) is 5.75 Å². The van der Waals surface area contributed by atoms with E-state index in [1.165, 1.54) is 11.3 Å². The van der Waals surface area contributed by atoms with Crippen molar-refractivity contribution in [3.05, 3.63) is 58.6 Å². The van der Waals surface area contributed by atoms with Crippen LogP contribution < -0.4 is 15.1 Å². The molecule has 1 heterocycles. The van der Waals surface area contributed by atoms with Crippen molar-refractivity contribution in [1.82, 2.24) is 5.43 Å². The van der Waals surface area contributed by atoms with Crippen LogP contribution in [0.4, 0.5) is 5.69 Å². The molecular weight excluding hydrogens is 374 g/mol. The molecule has 0 aromatic heterocycles. The zero-order valence-electron chi connectivity index (χ0n) is 16.7. The first-order chi connectivity index (χ1) is 13.3. The first-order valence-corrected chi connectivity index (χ1v) is 9.72. The lowest BCUT2D eigenvalue weighted by atomic mass is 9.80. The van der Waals surface area contributed by atoms with Crippen molar-refractivity contribution in [2.45, 2.75) is 38.6 Å². The molecule has 1 aliphatic heterocycles. The number of anilines is 1. The molecule has 1 atom stereocenters. The second-order valence-electron chi connectivity index (χ2n) is 7.83. The summed E-state index contributed by atoms with van der Waals surface area (Å²) in [5, 5.41) is 4.61. The number of fused-ring (bicyclic) bond motifs is 1. The van der Waals surface area contributed by atoms with Gasteiger partial charge in [-0.15, -0.1) is 0 Å². The molecule has 0 unspecified atom stereocenters. The van der Waals surface area contributed by atoms with Crippen LogP contribution in [0.1, 0.15) is 44.2 Å². The largest absolute Gasteiger partial charge is 0.484 e. The molecule has 1 amide bonds. The fraction of sp³-hybridized carbons (Fsp3) is 0.364. The number of carbonyl (C=O) groups excluding carboxylic acids is 1. The molecule has 1 N–H and O–H groups in total. The molecule has 28 heavy (non-hydrogen) atoms. The van der Waals surface area contributed by atoms with Gasteiger partial charge >= 0.3 is 0 Å². The van der Waals surface area contributed by atoms with E-state index in [-0.39, 0.29) is 18.1 Å². The molecule has 0 spiro atoms. The molecule has 5 nitrogen and oxygen atoms in total. The summed E-state index contributed by atoms with van der Waals surface area (Å²) >= 11 is 5.89. The standard InChI is InChI=1S/C22H26ClN3O2/c1-15-12-22(2,3)26(4)20-9-8-16(10-19(15)20)13-24-25-21(27)14-28-18-7-5-6-17(23)11-18/h5-11,13,15H,12,14H2,1-4H3,(H,25,27)/b24-13+/t15-/m0/s1. The van der Waals surface area contributed by atoms with Gasteiger partial charge in [0.15, 0.2) is 6.61 Å². The highest BCUT2D eigenvalue weighted by atomic mass is 35.5. The van der Waals surface area contributed by atoms with Gasteiger partial charge in [-0.3, -0.25) is 4.79 Å². The topological polar surface area (TPSA) is 53.9 Å². The lowest BCUT2D eigenvalue weighted by Gasteiger charge is -2.45. The van der Waals surface area contributed by atoms with E-state index in [0.29, 0.717) is 16.7 Å². The van der Waals surface area contributed by atoms with E-state index in [0.717, 1.165) is 12.0 Å². The summed E-state index contributed by atoms with van der Waals surface area (Å²) in [7, 11) is 2.14. The maximum absolute atomic E-state index is 11.9. The summed E-state index contributed by atoms with van der Waals surface area (Å²) in [5.41, 5.74) is 6.14. The highest BCUT2D eigenvalue weighted by Crippen LogP contribution is 2.42. The molecule has 0 bridgehead atoms. The minimum absolute atomic E-state index is 0.126. The lowest BCUT2D eigenvalue weighted by molar-refractivity contribution is -0.123. The van der Waals surface area contributed by atoms with E-state index < -0.39 is 0 Å². The van der Waals surface area contributed by atoms with Gasteiger partial charge in [-0.05, 0) is 67.6 Å². The highest BCUT2D eigenvalue weighted by molar-refractivity contribution is 6.30. The predicted octanol–water partition coefficient (Wildman–Crippen LogP) is 4.59. The lowest BCUT2D eigenvalue weighted by Crippen LogP contribution is -2.45. The maximum Gasteiger partial charge on any atom is 0.277 e. The van der Waals surface area contributed by atoms with Crippen molar-refractivity contribution in [2.75, 3.05) is 18.6 Å². The van der Waals surface area contributed by atoms with Crippen LogP contribution in [0.2, 0.25) is 5.02 Å². The average Bonchev–Trinajstić information content (AvgIpc) is 2.64. The quantitative estimate of drug-likeness (QED) is 0.590. The van der Waals surface area contributed by atoms with Gasteiger partial charge in [0.25, 0.3) is 5.91 Å². The van der Waals surface area contributed by atoms with Crippen molar-refractivity contribution in [3.8, 4) is 5.75 Å². The Bertz CT molecular complexity index is 895. The smallest absolute Gasteiger partial charge is 0.277 e. The number of hydrogen-bond donors (Lipinski definition) is 1. The van der Waals surface area contributed by atoms with Crippen LogP contribution >= 0.6 is 11.6 Å².